The molecule has 0 aliphatic rings. The van der Waals surface area contributed by atoms with Gasteiger partial charge in [0, 0.05) is 18.2 Å². The highest BCUT2D eigenvalue weighted by Gasteiger charge is 2.11. The number of nitrogens with zero attached hydrogens (tertiary/aromatic N) is 3. The van der Waals surface area contributed by atoms with Gasteiger partial charge in [-0.2, -0.15) is 4.98 Å². The van der Waals surface area contributed by atoms with E-state index in [1.807, 2.05) is 0 Å². The van der Waals surface area contributed by atoms with Crippen LogP contribution >= 0.6 is 0 Å². The highest BCUT2D eigenvalue weighted by atomic mass is 16.5. The van der Waals surface area contributed by atoms with Gasteiger partial charge in [-0.15, -0.1) is 6.42 Å². The summed E-state index contributed by atoms with van der Waals surface area (Å²) in [6, 6.07) is 6.95. The average molecular weight is 241 g/mol. The van der Waals surface area contributed by atoms with Crippen LogP contribution in [0.2, 0.25) is 0 Å². The third kappa shape index (κ3) is 2.38. The topological polar surface area (TPSA) is 59.2 Å². The third-order valence-electron chi connectivity index (χ3n) is 2.43. The van der Waals surface area contributed by atoms with E-state index in [-0.39, 0.29) is 12.5 Å². The van der Waals surface area contributed by atoms with Gasteiger partial charge in [0.2, 0.25) is 12.2 Å². The minimum Gasteiger partial charge on any atom is -0.342 e. The summed E-state index contributed by atoms with van der Waals surface area (Å²) in [5.41, 5.74) is 1.36. The van der Waals surface area contributed by atoms with Crippen LogP contribution in [0, 0.1) is 12.3 Å². The number of aromatic nitrogens is 2. The van der Waals surface area contributed by atoms with Crippen molar-refractivity contribution >= 4 is 5.91 Å². The Labute approximate surface area is 104 Å². The van der Waals surface area contributed by atoms with Gasteiger partial charge in [0.25, 0.3) is 5.91 Å². The Kier molecular flexibility index (Phi) is 3.39. The zero-order valence-corrected chi connectivity index (χ0v) is 9.83. The fourth-order valence-electron chi connectivity index (χ4n) is 1.49. The lowest BCUT2D eigenvalue weighted by atomic mass is 10.1. The van der Waals surface area contributed by atoms with Crippen molar-refractivity contribution in [1.29, 1.82) is 0 Å². The molecule has 0 aliphatic heterocycles. The maximum absolute atomic E-state index is 11.9. The normalized spacial score (nSPS) is 9.78. The summed E-state index contributed by atoms with van der Waals surface area (Å²) in [6.45, 7) is 0.283. The second-order valence-electron chi connectivity index (χ2n) is 3.70. The molecule has 1 aromatic carbocycles. The Balaban J connectivity index is 2.18. The number of rotatable bonds is 3. The third-order valence-corrected chi connectivity index (χ3v) is 2.43. The standard InChI is InChI=1S/C13H11N3O2/c1-3-8-16(2)13(17)11-6-4-10(5-7-11)12-14-9-18-15-12/h1,4-7,9H,8H2,2H3. The van der Waals surface area contributed by atoms with Crippen molar-refractivity contribution in [3.8, 4) is 23.7 Å². The van der Waals surface area contributed by atoms with E-state index in [1.165, 1.54) is 11.3 Å². The Morgan fingerprint density at radius 2 is 2.17 bits per heavy atom. The van der Waals surface area contributed by atoms with Gasteiger partial charge in [0.15, 0.2) is 0 Å². The van der Waals surface area contributed by atoms with Crippen molar-refractivity contribution in [2.24, 2.45) is 0 Å². The van der Waals surface area contributed by atoms with Crippen molar-refractivity contribution in [1.82, 2.24) is 15.0 Å². The lowest BCUT2D eigenvalue weighted by Crippen LogP contribution is -2.26. The molecule has 90 valence electrons. The van der Waals surface area contributed by atoms with Gasteiger partial charge in [-0.3, -0.25) is 4.79 Å². The lowest BCUT2D eigenvalue weighted by molar-refractivity contribution is 0.0812. The summed E-state index contributed by atoms with van der Waals surface area (Å²) in [5.74, 6) is 2.80. The van der Waals surface area contributed by atoms with Gasteiger partial charge in [-0.1, -0.05) is 23.2 Å². The molecule has 5 nitrogen and oxygen atoms in total. The van der Waals surface area contributed by atoms with E-state index in [1.54, 1.807) is 31.3 Å². The predicted octanol–water partition coefficient (Wildman–Crippen LogP) is 1.44. The highest BCUT2D eigenvalue weighted by Crippen LogP contribution is 2.15. The first-order valence-corrected chi connectivity index (χ1v) is 5.28. The molecule has 0 spiro atoms. The van der Waals surface area contributed by atoms with Crippen LogP contribution in [0.25, 0.3) is 11.4 Å². The maximum atomic E-state index is 11.9. The van der Waals surface area contributed by atoms with Crippen LogP contribution in [-0.4, -0.2) is 34.5 Å². The van der Waals surface area contributed by atoms with Gasteiger partial charge in [-0.25, -0.2) is 0 Å². The van der Waals surface area contributed by atoms with Crippen molar-refractivity contribution in [2.45, 2.75) is 0 Å². The molecule has 0 N–H and O–H groups in total. The number of hydrogen-bond acceptors (Lipinski definition) is 4. The Morgan fingerprint density at radius 3 is 2.72 bits per heavy atom. The lowest BCUT2D eigenvalue weighted by Gasteiger charge is -2.13. The summed E-state index contributed by atoms with van der Waals surface area (Å²) in [7, 11) is 1.66. The molecule has 2 aromatic rings. The van der Waals surface area contributed by atoms with E-state index in [9.17, 15) is 4.79 Å². The van der Waals surface area contributed by atoms with E-state index in [0.717, 1.165) is 5.56 Å². The molecule has 2 rings (SSSR count). The van der Waals surface area contributed by atoms with Crippen molar-refractivity contribution in [3.05, 3.63) is 36.2 Å². The van der Waals surface area contributed by atoms with E-state index < -0.39 is 0 Å². The average Bonchev–Trinajstić information content (AvgIpc) is 2.92. The van der Waals surface area contributed by atoms with E-state index in [0.29, 0.717) is 11.4 Å². The number of benzene rings is 1. The Bertz CT molecular complexity index is 567. The molecule has 0 fully saturated rings. The number of hydrogen-bond donors (Lipinski definition) is 0. The van der Waals surface area contributed by atoms with Crippen molar-refractivity contribution in [3.63, 3.8) is 0 Å². The van der Waals surface area contributed by atoms with Crippen LogP contribution in [0.4, 0.5) is 0 Å². The van der Waals surface area contributed by atoms with Crippen LogP contribution in [0.5, 0.6) is 0 Å². The molecular weight excluding hydrogens is 230 g/mol. The van der Waals surface area contributed by atoms with Crippen LogP contribution in [-0.2, 0) is 0 Å². The first kappa shape index (κ1) is 11.9. The summed E-state index contributed by atoms with van der Waals surface area (Å²) >= 11 is 0. The van der Waals surface area contributed by atoms with Gasteiger partial charge < -0.3 is 9.42 Å². The smallest absolute Gasteiger partial charge is 0.254 e. The van der Waals surface area contributed by atoms with Crippen LogP contribution in [0.15, 0.2) is 35.2 Å². The second-order valence-corrected chi connectivity index (χ2v) is 3.70. The van der Waals surface area contributed by atoms with Gasteiger partial charge in [0.05, 0.1) is 6.54 Å². The maximum Gasteiger partial charge on any atom is 0.254 e. The Hall–Kier alpha value is -2.61. The summed E-state index contributed by atoms with van der Waals surface area (Å²) in [5, 5.41) is 3.72. The zero-order chi connectivity index (χ0) is 13.0. The molecule has 0 unspecified atom stereocenters. The highest BCUT2D eigenvalue weighted by molar-refractivity contribution is 5.94. The molecule has 0 aliphatic carbocycles. The second kappa shape index (κ2) is 5.15. The molecule has 1 amide bonds. The minimum absolute atomic E-state index is 0.118. The molecule has 18 heavy (non-hydrogen) atoms. The molecular formula is C13H11N3O2. The van der Waals surface area contributed by atoms with Crippen molar-refractivity contribution in [2.75, 3.05) is 13.6 Å². The van der Waals surface area contributed by atoms with Crippen molar-refractivity contribution < 1.29 is 9.32 Å². The molecule has 1 aromatic heterocycles. The monoisotopic (exact) mass is 241 g/mol. The fraction of sp³-hybridized carbons (Fsp3) is 0.154. The van der Waals surface area contributed by atoms with Crippen LogP contribution < -0.4 is 0 Å². The summed E-state index contributed by atoms with van der Waals surface area (Å²) in [6.07, 6.45) is 6.42. The molecule has 1 heterocycles. The van der Waals surface area contributed by atoms with Crippen LogP contribution in [0.1, 0.15) is 10.4 Å². The molecule has 0 saturated carbocycles. The first-order valence-electron chi connectivity index (χ1n) is 5.28. The van der Waals surface area contributed by atoms with Gasteiger partial charge >= 0.3 is 0 Å². The van der Waals surface area contributed by atoms with E-state index in [2.05, 4.69) is 20.6 Å². The molecule has 0 bridgehead atoms. The minimum atomic E-state index is -0.118. The molecule has 5 heteroatoms. The zero-order valence-electron chi connectivity index (χ0n) is 9.83. The number of amides is 1. The summed E-state index contributed by atoms with van der Waals surface area (Å²) in [4.78, 5) is 17.3. The van der Waals surface area contributed by atoms with Gasteiger partial charge in [-0.05, 0) is 12.1 Å². The quantitative estimate of drug-likeness (QED) is 0.763. The fourth-order valence-corrected chi connectivity index (χ4v) is 1.49. The van der Waals surface area contributed by atoms with Gasteiger partial charge in [0.1, 0.15) is 0 Å². The molecule has 0 atom stereocenters. The van der Waals surface area contributed by atoms with Crippen LogP contribution in [0.3, 0.4) is 0 Å². The number of carbonyl (C=O) groups is 1. The summed E-state index contributed by atoms with van der Waals surface area (Å²) < 4.78 is 4.66. The predicted molar refractivity (Wildman–Crippen MR) is 65.5 cm³/mol. The Morgan fingerprint density at radius 1 is 1.44 bits per heavy atom. The number of carbonyl (C=O) groups excluding carboxylic acids is 1. The first-order chi connectivity index (χ1) is 8.72. The molecule has 0 saturated heterocycles. The largest absolute Gasteiger partial charge is 0.342 e. The van der Waals surface area contributed by atoms with E-state index in [4.69, 9.17) is 6.42 Å². The SMILES string of the molecule is C#CCN(C)C(=O)c1ccc(-c2ncon2)cc1. The van der Waals surface area contributed by atoms with E-state index >= 15 is 0 Å². The number of terminal acetylenes is 1. The molecule has 0 radical (unpaired) electrons.